The Hall–Kier alpha value is -4.23. The van der Waals surface area contributed by atoms with Gasteiger partial charge in [0.15, 0.2) is 23.8 Å². The summed E-state index contributed by atoms with van der Waals surface area (Å²) in [5.74, 6) is -1.36. The Morgan fingerprint density at radius 3 is 2.53 bits per heavy atom. The lowest BCUT2D eigenvalue weighted by Gasteiger charge is -2.27. The first kappa shape index (κ1) is 43.4. The highest BCUT2D eigenvalue weighted by Crippen LogP contribution is 2.50. The van der Waals surface area contributed by atoms with Crippen molar-refractivity contribution in [3.05, 3.63) is 48.1 Å². The average Bonchev–Trinajstić information content (AvgIpc) is 3.94. The monoisotopic (exact) mass is 859 g/mol. The van der Waals surface area contributed by atoms with Gasteiger partial charge in [0.25, 0.3) is 0 Å². The van der Waals surface area contributed by atoms with Crippen LogP contribution in [0.5, 0.6) is 0 Å². The van der Waals surface area contributed by atoms with Crippen molar-refractivity contribution >= 4 is 50.3 Å². The number of phosphoric ester groups is 2. The fourth-order valence-electron chi connectivity index (χ4n) is 6.84. The number of amides is 1. The second-order valence-electron chi connectivity index (χ2n) is 13.3. The van der Waals surface area contributed by atoms with Crippen LogP contribution in [0.15, 0.2) is 42.4 Å². The van der Waals surface area contributed by atoms with Gasteiger partial charge in [-0.1, -0.05) is 6.08 Å². The van der Waals surface area contributed by atoms with E-state index in [0.717, 1.165) is 10.9 Å². The zero-order valence-corrected chi connectivity index (χ0v) is 32.6. The van der Waals surface area contributed by atoms with Crippen molar-refractivity contribution in [3.8, 4) is 0 Å². The molecule has 0 aromatic carbocycles. The van der Waals surface area contributed by atoms with E-state index in [1.165, 1.54) is 28.1 Å². The van der Waals surface area contributed by atoms with Gasteiger partial charge in [0.1, 0.15) is 54.3 Å². The number of aromatic nitrogens is 6. The lowest BCUT2D eigenvalue weighted by molar-refractivity contribution is -0.164. The second-order valence-corrected chi connectivity index (χ2v) is 16.0. The van der Waals surface area contributed by atoms with Gasteiger partial charge in [-0.25, -0.2) is 33.7 Å². The van der Waals surface area contributed by atoms with Crippen molar-refractivity contribution in [2.45, 2.75) is 87.7 Å². The van der Waals surface area contributed by atoms with E-state index in [4.69, 9.17) is 39.5 Å². The van der Waals surface area contributed by atoms with E-state index in [1.54, 1.807) is 13.0 Å². The van der Waals surface area contributed by atoms with Gasteiger partial charge in [0, 0.05) is 38.6 Å². The highest BCUT2D eigenvalue weighted by molar-refractivity contribution is 7.47. The van der Waals surface area contributed by atoms with Gasteiger partial charge in [-0.05, 0) is 19.4 Å². The van der Waals surface area contributed by atoms with Crippen molar-refractivity contribution in [3.63, 3.8) is 0 Å². The molecule has 0 bridgehead atoms. The number of phosphoric acid groups is 2. The first-order valence-electron chi connectivity index (χ1n) is 17.8. The number of aliphatic hydroxyl groups excluding tert-OH is 1. The van der Waals surface area contributed by atoms with Gasteiger partial charge < -0.3 is 55.1 Å². The number of hydrogen-bond donors (Lipinski definition) is 6. The molecule has 6 heterocycles. The van der Waals surface area contributed by atoms with Crippen LogP contribution >= 0.6 is 15.6 Å². The average molecular weight is 860 g/mol. The summed E-state index contributed by atoms with van der Waals surface area (Å²) in [6.07, 6.45) is -5.41. The zero-order valence-electron chi connectivity index (χ0n) is 30.8. The number of esters is 1. The number of nitrogens with two attached hydrogens (primary N) is 2. The standard InChI is InChI=1S/C31H43N9O16P2/c1-3-5-6-22(41)39-11-16(50-4-2)9-17(39)30(43)55-26-20(54-29(25(26)42)40-15-36-24-27(33)34-14-35-28(24)40)13-52-58(48,49)56-18-10-23(38-8-7-21(32)37-31(38)44)53-19(18)12-51-57(45,46)47/h3,7-8,14-20,23,25-26,29,42H,1,4-6,9-13H2,2H3,(H,48,49)(H2,32,37,44)(H2,33,34,35)(H2,45,46,47)/t16-,17-,18+,19-,20-,23-,25-,26-,29-/m1/s1. The van der Waals surface area contributed by atoms with Crippen LogP contribution in [0.4, 0.5) is 11.6 Å². The highest BCUT2D eigenvalue weighted by Gasteiger charge is 2.51. The number of likely N-dealkylation sites (tertiary alicyclic amines) is 1. The maximum Gasteiger partial charge on any atom is 0.472 e. The smallest absolute Gasteiger partial charge is 0.455 e. The molecule has 0 aliphatic carbocycles. The topological polar surface area (TPSA) is 348 Å². The third-order valence-electron chi connectivity index (χ3n) is 9.46. The molecule has 8 N–H and O–H groups in total. The summed E-state index contributed by atoms with van der Waals surface area (Å²) < 4.78 is 65.8. The Bertz CT molecular complexity index is 2140. The molecule has 0 radical (unpaired) electrons. The van der Waals surface area contributed by atoms with Crippen LogP contribution < -0.4 is 17.2 Å². The predicted octanol–water partition coefficient (Wildman–Crippen LogP) is -0.711. The molecule has 6 rings (SSSR count). The number of allylic oxidation sites excluding steroid dienone is 1. The normalized spacial score (nSPS) is 28.5. The molecule has 10 atom stereocenters. The van der Waals surface area contributed by atoms with Crippen molar-refractivity contribution in [1.82, 2.24) is 34.0 Å². The van der Waals surface area contributed by atoms with Crippen LogP contribution in [0.3, 0.4) is 0 Å². The lowest BCUT2D eigenvalue weighted by Crippen LogP contribution is -2.46. The van der Waals surface area contributed by atoms with Gasteiger partial charge in [0.05, 0.1) is 25.6 Å². The first-order chi connectivity index (χ1) is 27.5. The summed E-state index contributed by atoms with van der Waals surface area (Å²) in [7, 11) is -10.3. The maximum absolute atomic E-state index is 13.9. The second kappa shape index (κ2) is 17.9. The van der Waals surface area contributed by atoms with E-state index in [2.05, 4.69) is 31.0 Å². The fraction of sp³-hybridized carbons (Fsp3) is 0.581. The SMILES string of the molecule is C=CCCC(=O)N1C[C@H](OCC)C[C@@H]1C(=O)O[C@H]1[C@@H](O)[C@H](n2cnc3c(N)ncnc32)O[C@@H]1COP(=O)(O)O[C@H]1C[C@H](n2ccc(N)nc2=O)O[C@@H]1COP(=O)(O)O. The zero-order chi connectivity index (χ0) is 41.9. The number of nitrogen functional groups attached to an aromatic ring is 2. The Labute approximate surface area is 328 Å². The predicted molar refractivity (Wildman–Crippen MR) is 195 cm³/mol. The minimum absolute atomic E-state index is 0.0175. The van der Waals surface area contributed by atoms with Crippen LogP contribution in [-0.2, 0) is 51.2 Å². The number of carbonyl (C=O) groups excluding carboxylic acids is 2. The summed E-state index contributed by atoms with van der Waals surface area (Å²) in [4.78, 5) is 86.1. The molecule has 0 saturated carbocycles. The minimum atomic E-state index is -5.20. The maximum atomic E-state index is 13.9. The summed E-state index contributed by atoms with van der Waals surface area (Å²) in [6, 6.07) is 0.158. The Morgan fingerprint density at radius 1 is 1.07 bits per heavy atom. The van der Waals surface area contributed by atoms with Crippen molar-refractivity contribution in [2.24, 2.45) is 0 Å². The largest absolute Gasteiger partial charge is 0.472 e. The lowest BCUT2D eigenvalue weighted by atomic mass is 10.1. The van der Waals surface area contributed by atoms with E-state index < -0.39 is 95.6 Å². The number of carbonyl (C=O) groups is 2. The summed E-state index contributed by atoms with van der Waals surface area (Å²) in [5.41, 5.74) is 10.9. The van der Waals surface area contributed by atoms with Crippen LogP contribution in [0.2, 0.25) is 0 Å². The molecule has 0 spiro atoms. The van der Waals surface area contributed by atoms with Crippen molar-refractivity contribution in [2.75, 3.05) is 37.8 Å². The molecular formula is C31H43N9O16P2. The number of rotatable bonds is 17. The number of imidazole rings is 1. The Balaban J connectivity index is 1.22. The molecule has 27 heteroatoms. The molecule has 3 aliphatic rings. The van der Waals surface area contributed by atoms with Crippen LogP contribution in [0.25, 0.3) is 11.2 Å². The molecule has 3 aromatic rings. The number of anilines is 2. The highest BCUT2D eigenvalue weighted by atomic mass is 31.2. The molecule has 3 aromatic heterocycles. The van der Waals surface area contributed by atoms with Crippen LogP contribution in [0.1, 0.15) is 45.1 Å². The molecular weight excluding hydrogens is 816 g/mol. The Morgan fingerprint density at radius 2 is 1.83 bits per heavy atom. The summed E-state index contributed by atoms with van der Waals surface area (Å²) >= 11 is 0. The van der Waals surface area contributed by atoms with Crippen molar-refractivity contribution in [1.29, 1.82) is 0 Å². The summed E-state index contributed by atoms with van der Waals surface area (Å²) in [5, 5.41) is 11.6. The molecule has 1 unspecified atom stereocenters. The van der Waals surface area contributed by atoms with Gasteiger partial charge >= 0.3 is 27.3 Å². The number of nitrogens with zero attached hydrogens (tertiary/aromatic N) is 7. The number of fused-ring (bicyclic) bond motifs is 1. The van der Waals surface area contributed by atoms with E-state index in [0.29, 0.717) is 13.0 Å². The van der Waals surface area contributed by atoms with Crippen LogP contribution in [-0.4, -0.2) is 135 Å². The molecule has 3 aliphatic heterocycles. The van der Waals surface area contributed by atoms with Gasteiger partial charge in [0.2, 0.25) is 5.91 Å². The minimum Gasteiger partial charge on any atom is -0.455 e. The van der Waals surface area contributed by atoms with Crippen LogP contribution in [0, 0.1) is 0 Å². The number of ether oxygens (including phenoxy) is 4. The van der Waals surface area contributed by atoms with E-state index in [9.17, 15) is 43.3 Å². The summed E-state index contributed by atoms with van der Waals surface area (Å²) in [6.45, 7) is 4.11. The van der Waals surface area contributed by atoms with E-state index >= 15 is 0 Å². The molecule has 1 amide bonds. The van der Waals surface area contributed by atoms with Gasteiger partial charge in [-0.2, -0.15) is 4.98 Å². The quantitative estimate of drug-likeness (QED) is 0.0554. The molecule has 3 saturated heterocycles. The molecule has 318 valence electrons. The number of aliphatic hydroxyl groups is 1. The molecule has 25 nitrogen and oxygen atoms in total. The molecule has 3 fully saturated rings. The first-order valence-corrected chi connectivity index (χ1v) is 20.9. The fourth-order valence-corrected chi connectivity index (χ4v) is 8.14. The number of hydrogen-bond acceptors (Lipinski definition) is 19. The van der Waals surface area contributed by atoms with E-state index in [-0.39, 0.29) is 54.5 Å². The molecule has 58 heavy (non-hydrogen) atoms. The Kier molecular flexibility index (Phi) is 13.4. The van der Waals surface area contributed by atoms with E-state index in [1.807, 2.05) is 0 Å². The van der Waals surface area contributed by atoms with Gasteiger partial charge in [-0.15, -0.1) is 6.58 Å². The third kappa shape index (κ3) is 9.96. The van der Waals surface area contributed by atoms with Gasteiger partial charge in [-0.3, -0.25) is 27.5 Å². The third-order valence-corrected chi connectivity index (χ3v) is 11.0. The van der Waals surface area contributed by atoms with Crippen molar-refractivity contribution < 1.29 is 71.0 Å².